The lowest BCUT2D eigenvalue weighted by Crippen LogP contribution is -2.27. The van der Waals surface area contributed by atoms with Gasteiger partial charge in [-0.15, -0.1) is 0 Å². The Morgan fingerprint density at radius 2 is 1.68 bits per heavy atom. The van der Waals surface area contributed by atoms with E-state index in [2.05, 4.69) is 31.9 Å². The summed E-state index contributed by atoms with van der Waals surface area (Å²) in [5.74, 6) is 0.143. The minimum atomic E-state index is -0.291. The van der Waals surface area contributed by atoms with E-state index in [9.17, 15) is 9.18 Å². The fraction of sp³-hybridized carbons (Fsp3) is 0.0435. The predicted molar refractivity (Wildman–Crippen MR) is 135 cm³/mol. The normalized spacial score (nSPS) is 15.1. The SMILES string of the molecule is O=C1/C(=C/c2cc(Br)ccc2OCc2ccc(F)cc2)SC(=S)N1c1ccc(Br)cc1. The lowest BCUT2D eigenvalue weighted by Gasteiger charge is -2.14. The number of benzene rings is 3. The van der Waals surface area contributed by atoms with Gasteiger partial charge in [0.05, 0.1) is 10.6 Å². The largest absolute Gasteiger partial charge is 0.488 e. The van der Waals surface area contributed by atoms with Gasteiger partial charge in [-0.1, -0.05) is 68.0 Å². The van der Waals surface area contributed by atoms with Gasteiger partial charge in [0.1, 0.15) is 18.2 Å². The van der Waals surface area contributed by atoms with E-state index in [1.807, 2.05) is 42.5 Å². The molecule has 1 amide bonds. The Morgan fingerprint density at radius 3 is 2.39 bits per heavy atom. The molecule has 3 aromatic carbocycles. The smallest absolute Gasteiger partial charge is 0.270 e. The van der Waals surface area contributed by atoms with Crippen LogP contribution in [0.2, 0.25) is 0 Å². The standard InChI is InChI=1S/C23H14Br2FNO2S2/c24-16-3-8-19(9-4-16)27-22(28)21(31-23(27)30)12-15-11-17(25)5-10-20(15)29-13-14-1-6-18(26)7-2-14/h1-12H,13H2/b21-12-. The number of anilines is 1. The summed E-state index contributed by atoms with van der Waals surface area (Å²) in [6, 6.07) is 19.1. The molecule has 31 heavy (non-hydrogen) atoms. The molecule has 4 rings (SSSR count). The second kappa shape index (κ2) is 9.65. The number of amides is 1. The van der Waals surface area contributed by atoms with Gasteiger partial charge in [-0.2, -0.15) is 0 Å². The van der Waals surface area contributed by atoms with Crippen molar-refractivity contribution in [3.8, 4) is 5.75 Å². The van der Waals surface area contributed by atoms with Crippen molar-refractivity contribution in [1.29, 1.82) is 0 Å². The summed E-state index contributed by atoms with van der Waals surface area (Å²) in [5.41, 5.74) is 2.31. The summed E-state index contributed by atoms with van der Waals surface area (Å²) in [6.45, 7) is 0.280. The van der Waals surface area contributed by atoms with Crippen molar-refractivity contribution in [2.24, 2.45) is 0 Å². The number of carbonyl (C=O) groups is 1. The van der Waals surface area contributed by atoms with Gasteiger partial charge in [-0.3, -0.25) is 9.69 Å². The average Bonchev–Trinajstić information content (AvgIpc) is 3.02. The maximum Gasteiger partial charge on any atom is 0.270 e. The molecule has 1 saturated heterocycles. The summed E-state index contributed by atoms with van der Waals surface area (Å²) in [4.78, 5) is 15.1. The minimum Gasteiger partial charge on any atom is -0.488 e. The van der Waals surface area contributed by atoms with Crippen LogP contribution in [-0.2, 0) is 11.4 Å². The van der Waals surface area contributed by atoms with Crippen LogP contribution >= 0.6 is 55.8 Å². The molecule has 1 fully saturated rings. The average molecular weight is 579 g/mol. The first-order valence-corrected chi connectivity index (χ1v) is 11.9. The van der Waals surface area contributed by atoms with Crippen LogP contribution in [0.15, 0.2) is 80.6 Å². The molecule has 0 atom stereocenters. The van der Waals surface area contributed by atoms with Crippen LogP contribution in [0.25, 0.3) is 6.08 Å². The molecule has 1 heterocycles. The van der Waals surface area contributed by atoms with E-state index in [-0.39, 0.29) is 18.3 Å². The van der Waals surface area contributed by atoms with E-state index in [0.717, 1.165) is 25.8 Å². The first-order valence-electron chi connectivity index (χ1n) is 9.11. The van der Waals surface area contributed by atoms with Gasteiger partial charge >= 0.3 is 0 Å². The number of halogens is 3. The van der Waals surface area contributed by atoms with Crippen LogP contribution in [0.4, 0.5) is 10.1 Å². The number of nitrogens with zero attached hydrogens (tertiary/aromatic N) is 1. The van der Waals surface area contributed by atoms with Gasteiger partial charge in [0.15, 0.2) is 4.32 Å². The van der Waals surface area contributed by atoms with E-state index >= 15 is 0 Å². The number of rotatable bonds is 5. The van der Waals surface area contributed by atoms with Crippen molar-refractivity contribution in [2.45, 2.75) is 6.61 Å². The zero-order valence-corrected chi connectivity index (χ0v) is 20.7. The zero-order chi connectivity index (χ0) is 22.0. The van der Waals surface area contributed by atoms with Gasteiger partial charge in [-0.25, -0.2) is 4.39 Å². The van der Waals surface area contributed by atoms with E-state index in [1.165, 1.54) is 28.8 Å². The maximum atomic E-state index is 13.1. The third-order valence-electron chi connectivity index (χ3n) is 4.44. The first kappa shape index (κ1) is 22.2. The van der Waals surface area contributed by atoms with Gasteiger partial charge in [0, 0.05) is 14.5 Å². The second-order valence-corrected chi connectivity index (χ2v) is 10.1. The molecule has 0 radical (unpaired) electrons. The van der Waals surface area contributed by atoms with Crippen LogP contribution < -0.4 is 9.64 Å². The molecule has 0 aliphatic carbocycles. The topological polar surface area (TPSA) is 29.5 Å². The predicted octanol–water partition coefficient (Wildman–Crippen LogP) is 7.34. The van der Waals surface area contributed by atoms with Crippen LogP contribution in [0, 0.1) is 5.82 Å². The number of thiocarbonyl (C=S) groups is 1. The number of hydrogen-bond donors (Lipinski definition) is 0. The number of ether oxygens (including phenoxy) is 1. The highest BCUT2D eigenvalue weighted by atomic mass is 79.9. The first-order chi connectivity index (χ1) is 14.9. The van der Waals surface area contributed by atoms with Crippen LogP contribution in [0.1, 0.15) is 11.1 Å². The molecular weight excluding hydrogens is 565 g/mol. The zero-order valence-electron chi connectivity index (χ0n) is 15.8. The molecule has 3 aromatic rings. The van der Waals surface area contributed by atoms with Crippen molar-refractivity contribution in [2.75, 3.05) is 4.90 Å². The number of carbonyl (C=O) groups excluding carboxylic acids is 1. The molecular formula is C23H14Br2FNO2S2. The quantitative estimate of drug-likeness (QED) is 0.234. The van der Waals surface area contributed by atoms with Crippen molar-refractivity contribution < 1.29 is 13.9 Å². The summed E-state index contributed by atoms with van der Waals surface area (Å²) in [6.07, 6.45) is 1.78. The Bertz CT molecular complexity index is 1180. The van der Waals surface area contributed by atoms with Crippen molar-refractivity contribution in [1.82, 2.24) is 0 Å². The summed E-state index contributed by atoms with van der Waals surface area (Å²) in [7, 11) is 0. The Kier molecular flexibility index (Phi) is 6.91. The van der Waals surface area contributed by atoms with E-state index in [0.29, 0.717) is 15.0 Å². The molecule has 8 heteroatoms. The maximum absolute atomic E-state index is 13.1. The van der Waals surface area contributed by atoms with Crippen molar-refractivity contribution in [3.05, 3.63) is 97.5 Å². The fourth-order valence-electron chi connectivity index (χ4n) is 2.93. The van der Waals surface area contributed by atoms with Gasteiger partial charge < -0.3 is 4.74 Å². The molecule has 0 spiro atoms. The molecule has 0 unspecified atom stereocenters. The van der Waals surface area contributed by atoms with Crippen LogP contribution in [0.3, 0.4) is 0 Å². The molecule has 156 valence electrons. The van der Waals surface area contributed by atoms with Crippen molar-refractivity contribution >= 4 is 77.8 Å². The highest BCUT2D eigenvalue weighted by molar-refractivity contribution is 9.10. The molecule has 0 N–H and O–H groups in total. The number of hydrogen-bond acceptors (Lipinski definition) is 4. The summed E-state index contributed by atoms with van der Waals surface area (Å²) in [5, 5.41) is 0. The molecule has 1 aliphatic heterocycles. The highest BCUT2D eigenvalue weighted by Crippen LogP contribution is 2.38. The van der Waals surface area contributed by atoms with E-state index < -0.39 is 0 Å². The lowest BCUT2D eigenvalue weighted by atomic mass is 10.1. The van der Waals surface area contributed by atoms with Gasteiger partial charge in [0.2, 0.25) is 0 Å². The Morgan fingerprint density at radius 1 is 1.00 bits per heavy atom. The second-order valence-electron chi connectivity index (χ2n) is 6.59. The molecule has 0 bridgehead atoms. The minimum absolute atomic E-state index is 0.179. The fourth-order valence-corrected chi connectivity index (χ4v) is 4.86. The van der Waals surface area contributed by atoms with E-state index in [1.54, 1.807) is 18.2 Å². The lowest BCUT2D eigenvalue weighted by molar-refractivity contribution is -0.113. The molecule has 0 aromatic heterocycles. The third kappa shape index (κ3) is 5.26. The highest BCUT2D eigenvalue weighted by Gasteiger charge is 2.33. The molecule has 0 saturated carbocycles. The van der Waals surface area contributed by atoms with Crippen LogP contribution in [0.5, 0.6) is 5.75 Å². The third-order valence-corrected chi connectivity index (χ3v) is 6.77. The van der Waals surface area contributed by atoms with Crippen LogP contribution in [-0.4, -0.2) is 10.2 Å². The summed E-state index contributed by atoms with van der Waals surface area (Å²) < 4.78 is 21.3. The summed E-state index contributed by atoms with van der Waals surface area (Å²) >= 11 is 13.6. The Hall–Kier alpha value is -2.00. The Labute approximate surface area is 205 Å². The molecule has 3 nitrogen and oxygen atoms in total. The van der Waals surface area contributed by atoms with Gasteiger partial charge in [-0.05, 0) is 66.2 Å². The Balaban J connectivity index is 1.59. The number of thioether (sulfide) groups is 1. The monoisotopic (exact) mass is 577 g/mol. The van der Waals surface area contributed by atoms with E-state index in [4.69, 9.17) is 17.0 Å². The molecule has 1 aliphatic rings. The van der Waals surface area contributed by atoms with Gasteiger partial charge in [0.25, 0.3) is 5.91 Å². The van der Waals surface area contributed by atoms with Crippen molar-refractivity contribution in [3.63, 3.8) is 0 Å².